The Labute approximate surface area is 157 Å². The minimum atomic E-state index is -1.33. The van der Waals surface area contributed by atoms with E-state index in [9.17, 15) is 4.21 Å². The molecule has 5 nitrogen and oxygen atoms in total. The van der Waals surface area contributed by atoms with Crippen LogP contribution in [0, 0.1) is 0 Å². The van der Waals surface area contributed by atoms with Crippen LogP contribution in [-0.4, -0.2) is 17.7 Å². The largest absolute Gasteiger partial charge is 0.388 e. The Hall–Kier alpha value is -2.18. The van der Waals surface area contributed by atoms with Gasteiger partial charge in [-0.15, -0.1) is 0 Å². The van der Waals surface area contributed by atoms with Crippen LogP contribution in [0.4, 0.5) is 5.69 Å². The van der Waals surface area contributed by atoms with Gasteiger partial charge in [0.15, 0.2) is 0 Å². The average molecular weight is 374 g/mol. The van der Waals surface area contributed by atoms with Crippen molar-refractivity contribution in [3.63, 3.8) is 0 Å². The summed E-state index contributed by atoms with van der Waals surface area (Å²) in [7, 11) is 0.747. The molecule has 6 heteroatoms. The first-order chi connectivity index (χ1) is 12.6. The minimum absolute atomic E-state index is 0.250. The Balaban J connectivity index is 0.000000175. The third-order valence-electron chi connectivity index (χ3n) is 4.70. The van der Waals surface area contributed by atoms with Crippen molar-refractivity contribution < 1.29 is 9.00 Å². The third-order valence-corrected chi connectivity index (χ3v) is 5.44. The smallest absolute Gasteiger partial charge is 0.204 e. The van der Waals surface area contributed by atoms with Crippen molar-refractivity contribution >= 4 is 23.1 Å². The average Bonchev–Trinajstić information content (AvgIpc) is 3.30. The van der Waals surface area contributed by atoms with Gasteiger partial charge >= 0.3 is 0 Å². The Morgan fingerprint density at radius 2 is 1.50 bits per heavy atom. The van der Waals surface area contributed by atoms with Crippen molar-refractivity contribution in [3.05, 3.63) is 58.7 Å². The number of hydrogen-bond donors (Lipinski definition) is 3. The number of hydrogen-bond acceptors (Lipinski definition) is 3. The second kappa shape index (κ2) is 10.1. The number of amides is 1. The predicted molar refractivity (Wildman–Crippen MR) is 107 cm³/mol. The number of nitrogens with one attached hydrogen (secondary N) is 1. The first kappa shape index (κ1) is 20.1. The number of rotatable bonds is 2. The van der Waals surface area contributed by atoms with E-state index in [-0.39, 0.29) is 6.41 Å². The van der Waals surface area contributed by atoms with Crippen LogP contribution in [0.15, 0.2) is 41.3 Å². The molecule has 0 saturated carbocycles. The van der Waals surface area contributed by atoms with Crippen molar-refractivity contribution in [2.45, 2.75) is 43.4 Å². The Bertz CT molecular complexity index is 731. The molecule has 1 amide bonds. The quantitative estimate of drug-likeness (QED) is 0.705. The molecular weight excluding hydrogens is 346 g/mol. The van der Waals surface area contributed by atoms with Crippen LogP contribution < -0.4 is 16.2 Å². The lowest BCUT2D eigenvalue weighted by molar-refractivity contribution is -0.106. The second-order valence-electron chi connectivity index (χ2n) is 6.23. The second-order valence-corrected chi connectivity index (χ2v) is 7.30. The molecule has 1 unspecified atom stereocenters. The molecule has 2 aromatic rings. The van der Waals surface area contributed by atoms with E-state index in [4.69, 9.17) is 9.93 Å². The summed E-state index contributed by atoms with van der Waals surface area (Å²) in [6, 6.07) is 11.4. The minimum Gasteiger partial charge on any atom is -0.388 e. The highest BCUT2D eigenvalue weighted by Gasteiger charge is 2.22. The summed E-state index contributed by atoms with van der Waals surface area (Å²) in [4.78, 5) is 9.25. The van der Waals surface area contributed by atoms with E-state index in [0.29, 0.717) is 4.90 Å². The Kier molecular flexibility index (Phi) is 7.81. The number of fused-ring (bicyclic) bond motifs is 2. The third kappa shape index (κ3) is 4.93. The van der Waals surface area contributed by atoms with Gasteiger partial charge in [0.2, 0.25) is 6.41 Å². The van der Waals surface area contributed by atoms with Crippen LogP contribution in [0.5, 0.6) is 0 Å². The zero-order chi connectivity index (χ0) is 18.9. The lowest BCUT2D eigenvalue weighted by atomic mass is 9.99. The van der Waals surface area contributed by atoms with Gasteiger partial charge in [0.25, 0.3) is 0 Å². The van der Waals surface area contributed by atoms with Crippen LogP contribution in [0.2, 0.25) is 0 Å². The lowest BCUT2D eigenvalue weighted by Crippen LogP contribution is -2.01. The van der Waals surface area contributed by atoms with Crippen molar-refractivity contribution in [3.8, 4) is 0 Å². The maximum absolute atomic E-state index is 10.5. The summed E-state index contributed by atoms with van der Waals surface area (Å²) in [5.74, 6) is 0. The van der Waals surface area contributed by atoms with Crippen LogP contribution in [0.3, 0.4) is 0 Å². The van der Waals surface area contributed by atoms with E-state index in [2.05, 4.69) is 24.2 Å². The highest BCUT2D eigenvalue weighted by atomic mass is 32.2. The van der Waals surface area contributed by atoms with Crippen LogP contribution in [0.25, 0.3) is 0 Å². The van der Waals surface area contributed by atoms with Crippen LogP contribution in [-0.2, 0) is 41.5 Å². The van der Waals surface area contributed by atoms with Gasteiger partial charge in [-0.2, -0.15) is 0 Å². The number of benzene rings is 2. The predicted octanol–water partition coefficient (Wildman–Crippen LogP) is 2.48. The summed E-state index contributed by atoms with van der Waals surface area (Å²) in [5.41, 5.74) is 12.1. The normalized spacial score (nSPS) is 14.7. The molecule has 0 aromatic heterocycles. The molecule has 26 heavy (non-hydrogen) atoms. The topological polar surface area (TPSA) is 98.2 Å². The standard InChI is InChI=1S/C13H17N.C6H7NOS.CH3NO/c1-14-13-11-6-2-4-9(11)8-10-5-3-7-12(10)13;7-9(8)6-4-2-1-3-5-6;2-1-3/h8,14H,2-7H2,1H3;1-5H,7H2;1H,(H2,2,3). The maximum atomic E-state index is 10.5. The molecule has 0 radical (unpaired) electrons. The van der Waals surface area contributed by atoms with Crippen molar-refractivity contribution in [1.29, 1.82) is 0 Å². The number of aryl methyl sites for hydroxylation is 2. The zero-order valence-corrected chi connectivity index (χ0v) is 16.0. The van der Waals surface area contributed by atoms with Crippen molar-refractivity contribution in [2.75, 3.05) is 12.4 Å². The van der Waals surface area contributed by atoms with E-state index in [1.807, 2.05) is 6.07 Å². The molecule has 0 fully saturated rings. The molecule has 2 aliphatic rings. The fraction of sp³-hybridized carbons (Fsp3) is 0.350. The van der Waals surface area contributed by atoms with E-state index >= 15 is 0 Å². The zero-order valence-electron chi connectivity index (χ0n) is 15.2. The summed E-state index contributed by atoms with van der Waals surface area (Å²) in [6.45, 7) is 0. The number of anilines is 1. The van der Waals surface area contributed by atoms with Gasteiger partial charge in [0, 0.05) is 12.7 Å². The fourth-order valence-electron chi connectivity index (χ4n) is 3.67. The first-order valence-corrected chi connectivity index (χ1v) is 10.0. The molecule has 0 bridgehead atoms. The Morgan fingerprint density at radius 3 is 1.88 bits per heavy atom. The molecule has 0 heterocycles. The highest BCUT2D eigenvalue weighted by Crippen LogP contribution is 2.38. The Morgan fingerprint density at radius 1 is 1.00 bits per heavy atom. The van der Waals surface area contributed by atoms with Crippen molar-refractivity contribution in [1.82, 2.24) is 0 Å². The molecule has 140 valence electrons. The fourth-order valence-corrected chi connectivity index (χ4v) is 4.10. The summed E-state index contributed by atoms with van der Waals surface area (Å²) < 4.78 is 10.5. The van der Waals surface area contributed by atoms with Crippen LogP contribution in [0.1, 0.15) is 35.1 Å². The summed E-state index contributed by atoms with van der Waals surface area (Å²) in [6.07, 6.45) is 8.14. The van der Waals surface area contributed by atoms with Gasteiger partial charge in [0.05, 0.1) is 4.90 Å². The number of carbonyl (C=O) groups excluding carboxylic acids is 1. The lowest BCUT2D eigenvalue weighted by Gasteiger charge is -2.14. The number of nitrogens with two attached hydrogens (primary N) is 2. The van der Waals surface area contributed by atoms with Gasteiger partial charge in [-0.1, -0.05) is 24.3 Å². The number of carbonyl (C=O) groups is 1. The molecule has 2 aliphatic carbocycles. The van der Waals surface area contributed by atoms with Gasteiger partial charge in [0.1, 0.15) is 11.0 Å². The maximum Gasteiger partial charge on any atom is 0.204 e. The van der Waals surface area contributed by atoms with E-state index in [0.717, 1.165) is 0 Å². The van der Waals surface area contributed by atoms with E-state index < -0.39 is 11.0 Å². The van der Waals surface area contributed by atoms with E-state index in [1.54, 1.807) is 46.5 Å². The molecule has 5 N–H and O–H groups in total. The molecule has 0 aliphatic heterocycles. The van der Waals surface area contributed by atoms with Crippen LogP contribution >= 0.6 is 0 Å². The highest BCUT2D eigenvalue weighted by molar-refractivity contribution is 7.82. The SMILES string of the molecule is CNc1c2c(cc3c1CCC3)CCC2.NC=O.NS(=O)c1ccccc1. The number of primary amides is 1. The van der Waals surface area contributed by atoms with Gasteiger partial charge in [-0.05, 0) is 72.9 Å². The molecule has 2 aromatic carbocycles. The summed E-state index contributed by atoms with van der Waals surface area (Å²) >= 11 is 0. The summed E-state index contributed by atoms with van der Waals surface area (Å²) in [5, 5.41) is 8.51. The van der Waals surface area contributed by atoms with Gasteiger partial charge in [-0.25, -0.2) is 9.35 Å². The molecule has 4 rings (SSSR count). The first-order valence-electron chi connectivity index (χ1n) is 8.83. The molecule has 0 saturated heterocycles. The van der Waals surface area contributed by atoms with Gasteiger partial charge in [-0.3, -0.25) is 4.79 Å². The monoisotopic (exact) mass is 373 g/mol. The van der Waals surface area contributed by atoms with E-state index in [1.165, 1.54) is 44.2 Å². The van der Waals surface area contributed by atoms with Crippen molar-refractivity contribution in [2.24, 2.45) is 10.9 Å². The van der Waals surface area contributed by atoms with Gasteiger partial charge < -0.3 is 11.1 Å². The molecular formula is C20H27N3O2S. The molecule has 1 atom stereocenters. The molecule has 0 spiro atoms.